The first-order chi connectivity index (χ1) is 11.9. The summed E-state index contributed by atoms with van der Waals surface area (Å²) < 4.78 is 0. The first-order valence-electron chi connectivity index (χ1n) is 8.24. The smallest absolute Gasteiger partial charge is 0.255 e. The van der Waals surface area contributed by atoms with E-state index in [2.05, 4.69) is 10.6 Å². The molecule has 0 aliphatic rings. The molecule has 0 spiro atoms. The Bertz CT molecular complexity index is 782. The minimum Gasteiger partial charge on any atom is -0.350 e. The van der Waals surface area contributed by atoms with E-state index in [9.17, 15) is 14.4 Å². The number of rotatable bonds is 6. The van der Waals surface area contributed by atoms with Gasteiger partial charge in [-0.05, 0) is 56.7 Å². The van der Waals surface area contributed by atoms with Crippen molar-refractivity contribution in [2.75, 3.05) is 5.32 Å². The molecular formula is C20H22N2O3. The SMILES string of the molecule is CCC(C)NC(=O)c1ccc(C(=O)Nc2cccc(C(C)=O)c2)cc1. The van der Waals surface area contributed by atoms with E-state index >= 15 is 0 Å². The van der Waals surface area contributed by atoms with Crippen molar-refractivity contribution in [2.24, 2.45) is 0 Å². The van der Waals surface area contributed by atoms with Gasteiger partial charge in [0, 0.05) is 28.4 Å². The van der Waals surface area contributed by atoms with E-state index < -0.39 is 0 Å². The molecule has 0 fully saturated rings. The second-order valence-electron chi connectivity index (χ2n) is 5.95. The average molecular weight is 338 g/mol. The van der Waals surface area contributed by atoms with Crippen molar-refractivity contribution in [1.29, 1.82) is 0 Å². The molecule has 0 aliphatic heterocycles. The summed E-state index contributed by atoms with van der Waals surface area (Å²) in [5, 5.41) is 5.63. The summed E-state index contributed by atoms with van der Waals surface area (Å²) in [4.78, 5) is 35.7. The quantitative estimate of drug-likeness (QED) is 0.789. The molecule has 1 atom stereocenters. The van der Waals surface area contributed by atoms with Gasteiger partial charge in [0.25, 0.3) is 11.8 Å². The summed E-state index contributed by atoms with van der Waals surface area (Å²) in [5.41, 5.74) is 2.04. The Morgan fingerprint density at radius 2 is 1.52 bits per heavy atom. The van der Waals surface area contributed by atoms with Gasteiger partial charge in [-0.25, -0.2) is 0 Å². The normalized spacial score (nSPS) is 11.5. The average Bonchev–Trinajstić information content (AvgIpc) is 2.61. The number of amides is 2. The van der Waals surface area contributed by atoms with Crippen LogP contribution in [-0.2, 0) is 0 Å². The zero-order valence-corrected chi connectivity index (χ0v) is 14.6. The fourth-order valence-corrected chi connectivity index (χ4v) is 2.20. The van der Waals surface area contributed by atoms with Crippen molar-refractivity contribution in [3.05, 3.63) is 65.2 Å². The van der Waals surface area contributed by atoms with Crippen molar-refractivity contribution in [3.63, 3.8) is 0 Å². The van der Waals surface area contributed by atoms with Gasteiger partial charge < -0.3 is 10.6 Å². The zero-order chi connectivity index (χ0) is 18.4. The van der Waals surface area contributed by atoms with Gasteiger partial charge in [-0.3, -0.25) is 14.4 Å². The molecule has 2 N–H and O–H groups in total. The molecule has 2 aromatic carbocycles. The number of Topliss-reactive ketones (excluding diaryl/α,β-unsaturated/α-hetero) is 1. The van der Waals surface area contributed by atoms with E-state index in [0.717, 1.165) is 6.42 Å². The molecule has 0 heterocycles. The number of anilines is 1. The van der Waals surface area contributed by atoms with Crippen LogP contribution in [0.15, 0.2) is 48.5 Å². The van der Waals surface area contributed by atoms with Crippen LogP contribution >= 0.6 is 0 Å². The largest absolute Gasteiger partial charge is 0.350 e. The Labute approximate surface area is 147 Å². The Morgan fingerprint density at radius 1 is 0.920 bits per heavy atom. The van der Waals surface area contributed by atoms with Crippen LogP contribution in [0.5, 0.6) is 0 Å². The molecule has 2 aromatic rings. The molecule has 25 heavy (non-hydrogen) atoms. The van der Waals surface area contributed by atoms with E-state index in [4.69, 9.17) is 0 Å². The third-order valence-electron chi connectivity index (χ3n) is 3.93. The molecule has 5 nitrogen and oxygen atoms in total. The highest BCUT2D eigenvalue weighted by Crippen LogP contribution is 2.13. The molecule has 5 heteroatoms. The lowest BCUT2D eigenvalue weighted by Gasteiger charge is -2.11. The van der Waals surface area contributed by atoms with Gasteiger partial charge in [0.05, 0.1) is 0 Å². The third kappa shape index (κ3) is 5.01. The number of carbonyl (C=O) groups is 3. The zero-order valence-electron chi connectivity index (χ0n) is 14.6. The highest BCUT2D eigenvalue weighted by atomic mass is 16.2. The van der Waals surface area contributed by atoms with E-state index in [1.807, 2.05) is 13.8 Å². The van der Waals surface area contributed by atoms with Crippen LogP contribution in [0.1, 0.15) is 58.3 Å². The molecular weight excluding hydrogens is 316 g/mol. The Morgan fingerprint density at radius 3 is 2.08 bits per heavy atom. The Kier molecular flexibility index (Phi) is 6.06. The van der Waals surface area contributed by atoms with Gasteiger partial charge in [0.2, 0.25) is 0 Å². The van der Waals surface area contributed by atoms with Crippen LogP contribution in [0.4, 0.5) is 5.69 Å². The van der Waals surface area contributed by atoms with Crippen LogP contribution in [0.2, 0.25) is 0 Å². The van der Waals surface area contributed by atoms with Crippen molar-refractivity contribution in [1.82, 2.24) is 5.32 Å². The first kappa shape index (κ1) is 18.4. The van der Waals surface area contributed by atoms with Gasteiger partial charge >= 0.3 is 0 Å². The van der Waals surface area contributed by atoms with Crippen LogP contribution in [0, 0.1) is 0 Å². The second-order valence-corrected chi connectivity index (χ2v) is 5.95. The topological polar surface area (TPSA) is 75.3 Å². The lowest BCUT2D eigenvalue weighted by atomic mass is 10.1. The standard InChI is InChI=1S/C20H22N2O3/c1-4-13(2)21-19(24)15-8-10-16(11-9-15)20(25)22-18-7-5-6-17(12-18)14(3)23/h5-13H,4H2,1-3H3,(H,21,24)(H,22,25). The van der Waals surface area contributed by atoms with E-state index in [1.54, 1.807) is 48.5 Å². The molecule has 0 aliphatic carbocycles. The van der Waals surface area contributed by atoms with E-state index in [1.165, 1.54) is 6.92 Å². The second kappa shape index (κ2) is 8.24. The summed E-state index contributed by atoms with van der Waals surface area (Å²) in [6.45, 7) is 5.42. The van der Waals surface area contributed by atoms with Crippen LogP contribution < -0.4 is 10.6 Å². The number of benzene rings is 2. The number of carbonyl (C=O) groups excluding carboxylic acids is 3. The van der Waals surface area contributed by atoms with Crippen LogP contribution in [-0.4, -0.2) is 23.6 Å². The fraction of sp³-hybridized carbons (Fsp3) is 0.250. The predicted molar refractivity (Wildman–Crippen MR) is 98.1 cm³/mol. The van der Waals surface area contributed by atoms with Crippen molar-refractivity contribution >= 4 is 23.3 Å². The molecule has 1 unspecified atom stereocenters. The number of hydrogen-bond acceptors (Lipinski definition) is 3. The molecule has 0 bridgehead atoms. The first-order valence-corrected chi connectivity index (χ1v) is 8.24. The summed E-state index contributed by atoms with van der Waals surface area (Å²) in [6, 6.07) is 13.3. The molecule has 0 radical (unpaired) electrons. The molecule has 0 saturated carbocycles. The van der Waals surface area contributed by atoms with E-state index in [0.29, 0.717) is 22.4 Å². The summed E-state index contributed by atoms with van der Waals surface area (Å²) in [5.74, 6) is -0.516. The van der Waals surface area contributed by atoms with Gasteiger partial charge in [0.1, 0.15) is 0 Å². The van der Waals surface area contributed by atoms with Crippen LogP contribution in [0.25, 0.3) is 0 Å². The van der Waals surface area contributed by atoms with Gasteiger partial charge in [-0.1, -0.05) is 19.1 Å². The van der Waals surface area contributed by atoms with Crippen LogP contribution in [0.3, 0.4) is 0 Å². The van der Waals surface area contributed by atoms with Crippen molar-refractivity contribution in [2.45, 2.75) is 33.2 Å². The summed E-state index contributed by atoms with van der Waals surface area (Å²) in [6.07, 6.45) is 0.853. The van der Waals surface area contributed by atoms with Crippen molar-refractivity contribution < 1.29 is 14.4 Å². The fourth-order valence-electron chi connectivity index (χ4n) is 2.20. The lowest BCUT2D eigenvalue weighted by molar-refractivity contribution is 0.0937. The monoisotopic (exact) mass is 338 g/mol. The minimum absolute atomic E-state index is 0.0622. The Balaban J connectivity index is 2.06. The number of hydrogen-bond donors (Lipinski definition) is 2. The molecule has 2 rings (SSSR count). The molecule has 2 amide bonds. The van der Waals surface area contributed by atoms with E-state index in [-0.39, 0.29) is 23.6 Å². The summed E-state index contributed by atoms with van der Waals surface area (Å²) in [7, 11) is 0. The lowest BCUT2D eigenvalue weighted by Crippen LogP contribution is -2.31. The molecule has 0 aromatic heterocycles. The molecule has 0 saturated heterocycles. The highest BCUT2D eigenvalue weighted by molar-refractivity contribution is 6.05. The maximum absolute atomic E-state index is 12.3. The minimum atomic E-state index is -0.297. The maximum atomic E-state index is 12.3. The number of nitrogens with one attached hydrogen (secondary N) is 2. The van der Waals surface area contributed by atoms with Gasteiger partial charge in [-0.15, -0.1) is 0 Å². The van der Waals surface area contributed by atoms with Gasteiger partial charge in [0.15, 0.2) is 5.78 Å². The maximum Gasteiger partial charge on any atom is 0.255 e. The van der Waals surface area contributed by atoms with Crippen molar-refractivity contribution in [3.8, 4) is 0 Å². The summed E-state index contributed by atoms with van der Waals surface area (Å²) >= 11 is 0. The van der Waals surface area contributed by atoms with Gasteiger partial charge in [-0.2, -0.15) is 0 Å². The predicted octanol–water partition coefficient (Wildman–Crippen LogP) is 3.67. The third-order valence-corrected chi connectivity index (χ3v) is 3.93. The number of ketones is 1. The highest BCUT2D eigenvalue weighted by Gasteiger charge is 2.11. The molecule has 130 valence electrons. The Hall–Kier alpha value is -2.95.